The highest BCUT2D eigenvalue weighted by molar-refractivity contribution is 6.04. The summed E-state index contributed by atoms with van der Waals surface area (Å²) in [5.74, 6) is 1.47. The number of nitrogens with zero attached hydrogens (tertiary/aromatic N) is 2. The molecule has 0 spiro atoms. The zero-order chi connectivity index (χ0) is 23.9. The normalized spacial score (nSPS) is 10.6. The minimum atomic E-state index is -0.247. The Hall–Kier alpha value is -4.26. The van der Waals surface area contributed by atoms with E-state index in [0.717, 1.165) is 22.6 Å². The van der Waals surface area contributed by atoms with E-state index in [4.69, 9.17) is 13.6 Å². The number of furan rings is 2. The lowest BCUT2D eigenvalue weighted by Crippen LogP contribution is -2.30. The largest absolute Gasteiger partial charge is 0.497 e. The van der Waals surface area contributed by atoms with Gasteiger partial charge in [-0.15, -0.1) is 0 Å². The van der Waals surface area contributed by atoms with Crippen LogP contribution in [0.15, 0.2) is 94.2 Å². The van der Waals surface area contributed by atoms with Crippen molar-refractivity contribution >= 4 is 17.5 Å². The van der Waals surface area contributed by atoms with Gasteiger partial charge < -0.3 is 23.4 Å². The van der Waals surface area contributed by atoms with Gasteiger partial charge in [0.1, 0.15) is 11.5 Å². The first-order valence-electron chi connectivity index (χ1n) is 10.9. The first-order chi connectivity index (χ1) is 16.5. The second kappa shape index (κ2) is 10.6. The Labute approximate surface area is 198 Å². The molecule has 0 bridgehead atoms. The monoisotopic (exact) mass is 458 g/mol. The standard InChI is InChI=1S/C27H26N2O5/c1-28(19-24-5-3-15-33-24)26(30)17-20-7-11-22(12-8-20)29(27(31)25-6-4-16-34-25)18-21-9-13-23(32-2)14-10-21/h3-16H,17-19H2,1-2H3. The van der Waals surface area contributed by atoms with Gasteiger partial charge in [0, 0.05) is 12.7 Å². The summed E-state index contributed by atoms with van der Waals surface area (Å²) in [5.41, 5.74) is 2.51. The zero-order valence-electron chi connectivity index (χ0n) is 19.1. The third-order valence-electron chi connectivity index (χ3n) is 5.48. The van der Waals surface area contributed by atoms with E-state index in [1.807, 2.05) is 54.6 Å². The SMILES string of the molecule is COc1ccc(CN(C(=O)c2ccco2)c2ccc(CC(=O)N(C)Cc3ccco3)cc2)cc1. The molecule has 34 heavy (non-hydrogen) atoms. The fraction of sp³-hybridized carbons (Fsp3) is 0.185. The van der Waals surface area contributed by atoms with Crippen LogP contribution in [0, 0.1) is 0 Å². The maximum atomic E-state index is 13.2. The molecule has 0 aliphatic rings. The van der Waals surface area contributed by atoms with Crippen molar-refractivity contribution in [1.82, 2.24) is 4.90 Å². The van der Waals surface area contributed by atoms with Gasteiger partial charge in [0.25, 0.3) is 5.91 Å². The second-order valence-corrected chi connectivity index (χ2v) is 7.89. The maximum Gasteiger partial charge on any atom is 0.294 e. The molecule has 2 aromatic carbocycles. The molecule has 4 rings (SSSR count). The van der Waals surface area contributed by atoms with Crippen molar-refractivity contribution < 1.29 is 23.2 Å². The Morgan fingerprint density at radius 3 is 2.12 bits per heavy atom. The van der Waals surface area contributed by atoms with Crippen LogP contribution in [-0.2, 0) is 24.3 Å². The molecule has 0 N–H and O–H groups in total. The van der Waals surface area contributed by atoms with E-state index in [0.29, 0.717) is 18.8 Å². The van der Waals surface area contributed by atoms with Gasteiger partial charge in [-0.05, 0) is 59.7 Å². The number of ether oxygens (including phenoxy) is 1. The number of methoxy groups -OCH3 is 1. The fourth-order valence-corrected chi connectivity index (χ4v) is 3.55. The van der Waals surface area contributed by atoms with E-state index < -0.39 is 0 Å². The van der Waals surface area contributed by atoms with E-state index in [9.17, 15) is 9.59 Å². The molecule has 0 fully saturated rings. The summed E-state index contributed by atoms with van der Waals surface area (Å²) in [6.45, 7) is 0.769. The summed E-state index contributed by atoms with van der Waals surface area (Å²) in [6, 6.07) is 22.0. The number of hydrogen-bond donors (Lipinski definition) is 0. The number of carbonyl (C=O) groups excluding carboxylic acids is 2. The highest BCUT2D eigenvalue weighted by atomic mass is 16.5. The Bertz CT molecular complexity index is 1200. The van der Waals surface area contributed by atoms with Crippen molar-refractivity contribution in [3.63, 3.8) is 0 Å². The van der Waals surface area contributed by atoms with E-state index in [1.54, 1.807) is 48.4 Å². The van der Waals surface area contributed by atoms with Gasteiger partial charge in [-0.3, -0.25) is 9.59 Å². The predicted octanol–water partition coefficient (Wildman–Crippen LogP) is 4.93. The zero-order valence-corrected chi connectivity index (χ0v) is 19.1. The molecule has 0 unspecified atom stereocenters. The van der Waals surface area contributed by atoms with Crippen LogP contribution in [0.1, 0.15) is 27.4 Å². The molecule has 0 saturated heterocycles. The first kappa shape index (κ1) is 22.9. The predicted molar refractivity (Wildman–Crippen MR) is 128 cm³/mol. The van der Waals surface area contributed by atoms with E-state index >= 15 is 0 Å². The second-order valence-electron chi connectivity index (χ2n) is 7.89. The van der Waals surface area contributed by atoms with Crippen LogP contribution >= 0.6 is 0 Å². The summed E-state index contributed by atoms with van der Waals surface area (Å²) < 4.78 is 15.9. The van der Waals surface area contributed by atoms with Gasteiger partial charge >= 0.3 is 0 Å². The molecule has 0 saturated carbocycles. The smallest absolute Gasteiger partial charge is 0.294 e. The minimum Gasteiger partial charge on any atom is -0.497 e. The fourth-order valence-electron chi connectivity index (χ4n) is 3.55. The summed E-state index contributed by atoms with van der Waals surface area (Å²) in [7, 11) is 3.36. The van der Waals surface area contributed by atoms with Crippen LogP contribution in [0.3, 0.4) is 0 Å². The molecule has 0 radical (unpaired) electrons. The summed E-state index contributed by atoms with van der Waals surface area (Å²) >= 11 is 0. The van der Waals surface area contributed by atoms with Crippen LogP contribution in [0.4, 0.5) is 5.69 Å². The highest BCUT2D eigenvalue weighted by Crippen LogP contribution is 2.23. The molecular weight excluding hydrogens is 432 g/mol. The van der Waals surface area contributed by atoms with E-state index in [-0.39, 0.29) is 24.0 Å². The molecule has 2 aromatic heterocycles. The van der Waals surface area contributed by atoms with Crippen LogP contribution in [0.25, 0.3) is 0 Å². The van der Waals surface area contributed by atoms with E-state index in [2.05, 4.69) is 0 Å². The number of hydrogen-bond acceptors (Lipinski definition) is 5. The lowest BCUT2D eigenvalue weighted by Gasteiger charge is -2.23. The average Bonchev–Trinajstić information content (AvgIpc) is 3.58. The number of rotatable bonds is 9. The third kappa shape index (κ3) is 5.56. The number of anilines is 1. The van der Waals surface area contributed by atoms with Gasteiger partial charge in [0.15, 0.2) is 5.76 Å². The van der Waals surface area contributed by atoms with Crippen LogP contribution in [0.2, 0.25) is 0 Å². The molecule has 2 amide bonds. The number of likely N-dealkylation sites (N-methyl/N-ethyl adjacent to an activating group) is 1. The van der Waals surface area contributed by atoms with Gasteiger partial charge in [0.2, 0.25) is 5.91 Å². The summed E-state index contributed by atoms with van der Waals surface area (Å²) in [5, 5.41) is 0. The molecular formula is C27H26N2O5. The quantitative estimate of drug-likeness (QED) is 0.356. The van der Waals surface area contributed by atoms with Crippen molar-refractivity contribution in [2.45, 2.75) is 19.5 Å². The van der Waals surface area contributed by atoms with Gasteiger partial charge in [-0.1, -0.05) is 24.3 Å². The Kier molecular flexibility index (Phi) is 7.13. The van der Waals surface area contributed by atoms with Crippen LogP contribution < -0.4 is 9.64 Å². The van der Waals surface area contributed by atoms with Crippen molar-refractivity contribution in [3.05, 3.63) is 108 Å². The highest BCUT2D eigenvalue weighted by Gasteiger charge is 2.21. The molecule has 7 heteroatoms. The van der Waals surface area contributed by atoms with E-state index in [1.165, 1.54) is 6.26 Å². The molecule has 7 nitrogen and oxygen atoms in total. The summed E-state index contributed by atoms with van der Waals surface area (Å²) in [6.07, 6.45) is 3.32. The lowest BCUT2D eigenvalue weighted by molar-refractivity contribution is -0.129. The van der Waals surface area contributed by atoms with Gasteiger partial charge in [-0.25, -0.2) is 0 Å². The average molecular weight is 459 g/mol. The topological polar surface area (TPSA) is 76.1 Å². The molecule has 2 heterocycles. The maximum absolute atomic E-state index is 13.2. The van der Waals surface area contributed by atoms with Crippen molar-refractivity contribution in [2.24, 2.45) is 0 Å². The van der Waals surface area contributed by atoms with Crippen LogP contribution in [-0.4, -0.2) is 30.9 Å². The molecule has 174 valence electrons. The lowest BCUT2D eigenvalue weighted by atomic mass is 10.1. The molecule has 0 aliphatic carbocycles. The van der Waals surface area contributed by atoms with Crippen molar-refractivity contribution in [1.29, 1.82) is 0 Å². The third-order valence-corrected chi connectivity index (χ3v) is 5.48. The number of amides is 2. The minimum absolute atomic E-state index is 0.0223. The Morgan fingerprint density at radius 2 is 1.50 bits per heavy atom. The van der Waals surface area contributed by atoms with Gasteiger partial charge in [-0.2, -0.15) is 0 Å². The van der Waals surface area contributed by atoms with Crippen LogP contribution in [0.5, 0.6) is 5.75 Å². The Balaban J connectivity index is 1.49. The van der Waals surface area contributed by atoms with Gasteiger partial charge in [0.05, 0.1) is 39.1 Å². The van der Waals surface area contributed by atoms with Crippen molar-refractivity contribution in [3.8, 4) is 5.75 Å². The van der Waals surface area contributed by atoms with Crippen molar-refractivity contribution in [2.75, 3.05) is 19.1 Å². The molecule has 0 atom stereocenters. The molecule has 0 aliphatic heterocycles. The first-order valence-corrected chi connectivity index (χ1v) is 10.9. The molecule has 4 aromatic rings. The summed E-state index contributed by atoms with van der Waals surface area (Å²) in [4.78, 5) is 29.1. The number of carbonyl (C=O) groups is 2. The Morgan fingerprint density at radius 1 is 0.824 bits per heavy atom. The number of benzene rings is 2.